The van der Waals surface area contributed by atoms with Gasteiger partial charge < -0.3 is 10.1 Å². The first-order valence-corrected chi connectivity index (χ1v) is 12.6. The highest BCUT2D eigenvalue weighted by Crippen LogP contribution is 2.33. The summed E-state index contributed by atoms with van der Waals surface area (Å²) < 4.78 is 7.12. The van der Waals surface area contributed by atoms with Gasteiger partial charge in [0.25, 0.3) is 5.56 Å². The second-order valence-electron chi connectivity index (χ2n) is 8.69. The monoisotopic (exact) mass is 472 g/mol. The van der Waals surface area contributed by atoms with E-state index in [4.69, 9.17) is 16.3 Å². The Bertz CT molecular complexity index is 1140. The molecule has 3 aromatic rings. The smallest absolute Gasteiger partial charge is 0.262 e. The Morgan fingerprint density at radius 3 is 3.00 bits per heavy atom. The minimum absolute atomic E-state index is 0.0596. The van der Waals surface area contributed by atoms with E-state index in [0.717, 1.165) is 80.9 Å². The topological polar surface area (TPSA) is 59.4 Å². The molecular weight excluding hydrogens is 444 g/mol. The molecule has 0 bridgehead atoms. The second kappa shape index (κ2) is 10.0. The van der Waals surface area contributed by atoms with Gasteiger partial charge in [-0.25, -0.2) is 4.98 Å². The highest BCUT2D eigenvalue weighted by atomic mass is 35.5. The van der Waals surface area contributed by atoms with Gasteiger partial charge in [-0.1, -0.05) is 23.7 Å². The molecule has 32 heavy (non-hydrogen) atoms. The van der Waals surface area contributed by atoms with Crippen molar-refractivity contribution in [2.24, 2.45) is 0 Å². The minimum atomic E-state index is 0.0596. The molecule has 1 saturated heterocycles. The summed E-state index contributed by atoms with van der Waals surface area (Å²) in [6, 6.07) is 8.12. The Kier molecular flexibility index (Phi) is 6.90. The maximum atomic E-state index is 13.3. The Balaban J connectivity index is 1.24. The second-order valence-corrected chi connectivity index (χ2v) is 10.2. The van der Waals surface area contributed by atoms with Crippen molar-refractivity contribution in [1.82, 2.24) is 19.8 Å². The van der Waals surface area contributed by atoms with Crippen molar-refractivity contribution in [1.29, 1.82) is 0 Å². The van der Waals surface area contributed by atoms with Gasteiger partial charge in [0.2, 0.25) is 0 Å². The first kappa shape index (κ1) is 22.0. The number of nitrogens with one attached hydrogen (secondary N) is 1. The third-order valence-corrected chi connectivity index (χ3v) is 7.86. The lowest BCUT2D eigenvalue weighted by Gasteiger charge is -2.27. The normalized spacial score (nSPS) is 19.3. The molecular formula is C24H29ClN4O2S. The van der Waals surface area contributed by atoms with Crippen LogP contribution in [0.5, 0.6) is 0 Å². The molecule has 6 nitrogen and oxygen atoms in total. The fourth-order valence-corrected chi connectivity index (χ4v) is 6.22. The molecule has 0 radical (unpaired) electrons. The Labute approximate surface area is 197 Å². The maximum Gasteiger partial charge on any atom is 0.262 e. The lowest BCUT2D eigenvalue weighted by atomic mass is 9.93. The molecule has 2 aromatic heterocycles. The van der Waals surface area contributed by atoms with E-state index in [-0.39, 0.29) is 5.56 Å². The van der Waals surface area contributed by atoms with Gasteiger partial charge in [0.15, 0.2) is 0 Å². The number of nitrogens with zero attached hydrogens (tertiary/aromatic N) is 3. The molecule has 1 fully saturated rings. The number of fused-ring (bicyclic) bond motifs is 3. The lowest BCUT2D eigenvalue weighted by molar-refractivity contribution is 0.0373. The molecule has 1 unspecified atom stereocenters. The van der Waals surface area contributed by atoms with Crippen LogP contribution in [0.25, 0.3) is 10.2 Å². The van der Waals surface area contributed by atoms with E-state index < -0.39 is 0 Å². The third kappa shape index (κ3) is 4.92. The third-order valence-electron chi connectivity index (χ3n) is 6.47. The predicted octanol–water partition coefficient (Wildman–Crippen LogP) is 3.33. The summed E-state index contributed by atoms with van der Waals surface area (Å²) in [5.74, 6) is 0. The van der Waals surface area contributed by atoms with Crippen molar-refractivity contribution in [2.45, 2.75) is 38.3 Å². The number of benzene rings is 1. The molecule has 1 aliphatic heterocycles. The van der Waals surface area contributed by atoms with E-state index in [2.05, 4.69) is 15.2 Å². The number of morpholine rings is 1. The first-order valence-electron chi connectivity index (χ1n) is 11.4. The van der Waals surface area contributed by atoms with E-state index in [0.29, 0.717) is 17.6 Å². The van der Waals surface area contributed by atoms with Crippen LogP contribution in [-0.2, 0) is 24.1 Å². The first-order chi connectivity index (χ1) is 15.7. The molecule has 1 atom stereocenters. The van der Waals surface area contributed by atoms with E-state index in [1.165, 1.54) is 10.4 Å². The minimum Gasteiger partial charge on any atom is -0.379 e. The van der Waals surface area contributed by atoms with Crippen LogP contribution in [0, 0.1) is 0 Å². The van der Waals surface area contributed by atoms with Crippen molar-refractivity contribution in [3.63, 3.8) is 0 Å². The number of thiophene rings is 1. The van der Waals surface area contributed by atoms with Gasteiger partial charge in [0.05, 0.1) is 31.5 Å². The molecule has 5 rings (SSSR count). The standard InChI is InChI=1S/C24H29ClN4O2S/c25-18-4-1-3-17(13-18)15-29-16-27-23-22(24(29)30)20-6-5-19(14-21(20)32-23)26-7-2-8-28-9-11-31-12-10-28/h1,3-4,13,16,19,26H,2,5-12,14-15H2. The van der Waals surface area contributed by atoms with Gasteiger partial charge in [0, 0.05) is 29.0 Å². The summed E-state index contributed by atoms with van der Waals surface area (Å²) in [7, 11) is 0. The average Bonchev–Trinajstić information content (AvgIpc) is 3.18. The van der Waals surface area contributed by atoms with E-state index in [9.17, 15) is 4.79 Å². The lowest BCUT2D eigenvalue weighted by Crippen LogP contribution is -2.39. The molecule has 2 aliphatic rings. The van der Waals surface area contributed by atoms with Gasteiger partial charge in [-0.3, -0.25) is 14.3 Å². The molecule has 0 spiro atoms. The molecule has 0 amide bonds. The van der Waals surface area contributed by atoms with Gasteiger partial charge in [-0.15, -0.1) is 11.3 Å². The highest BCUT2D eigenvalue weighted by molar-refractivity contribution is 7.18. The summed E-state index contributed by atoms with van der Waals surface area (Å²) in [6.45, 7) is 6.48. The zero-order chi connectivity index (χ0) is 21.9. The summed E-state index contributed by atoms with van der Waals surface area (Å²) in [6.07, 6.45) is 5.83. The van der Waals surface area contributed by atoms with Crippen molar-refractivity contribution in [2.75, 3.05) is 39.4 Å². The van der Waals surface area contributed by atoms with E-state index in [1.54, 1.807) is 22.2 Å². The molecule has 3 heterocycles. The van der Waals surface area contributed by atoms with Crippen LogP contribution in [0.4, 0.5) is 0 Å². The highest BCUT2D eigenvalue weighted by Gasteiger charge is 2.25. The van der Waals surface area contributed by atoms with Gasteiger partial charge in [0.1, 0.15) is 4.83 Å². The van der Waals surface area contributed by atoms with Crippen molar-refractivity contribution < 1.29 is 4.74 Å². The van der Waals surface area contributed by atoms with Crippen molar-refractivity contribution >= 4 is 33.2 Å². The number of aromatic nitrogens is 2. The summed E-state index contributed by atoms with van der Waals surface area (Å²) in [4.78, 5) is 22.6. The van der Waals surface area contributed by atoms with E-state index >= 15 is 0 Å². The van der Waals surface area contributed by atoms with Gasteiger partial charge in [-0.2, -0.15) is 0 Å². The molecule has 0 saturated carbocycles. The molecule has 1 aliphatic carbocycles. The largest absolute Gasteiger partial charge is 0.379 e. The molecule has 8 heteroatoms. The number of aryl methyl sites for hydroxylation is 1. The summed E-state index contributed by atoms with van der Waals surface area (Å²) in [5, 5.41) is 5.24. The zero-order valence-corrected chi connectivity index (χ0v) is 19.8. The summed E-state index contributed by atoms with van der Waals surface area (Å²) in [5.41, 5.74) is 2.28. The van der Waals surface area contributed by atoms with Crippen LogP contribution in [-0.4, -0.2) is 59.9 Å². The predicted molar refractivity (Wildman–Crippen MR) is 130 cm³/mol. The number of hydrogen-bond donors (Lipinski definition) is 1. The quantitative estimate of drug-likeness (QED) is 0.534. The number of rotatable bonds is 7. The number of hydrogen-bond acceptors (Lipinski definition) is 6. The van der Waals surface area contributed by atoms with Crippen LogP contribution < -0.4 is 10.9 Å². The fraction of sp³-hybridized carbons (Fsp3) is 0.500. The van der Waals surface area contributed by atoms with Gasteiger partial charge >= 0.3 is 0 Å². The van der Waals surface area contributed by atoms with Crippen molar-refractivity contribution in [3.8, 4) is 0 Å². The SMILES string of the molecule is O=c1c2c3c(sc2ncn1Cc1cccc(Cl)c1)CC(NCCCN1CCOCC1)CC3. The number of halogens is 1. The Morgan fingerprint density at radius 1 is 1.28 bits per heavy atom. The van der Waals surface area contributed by atoms with Crippen LogP contribution in [0.1, 0.15) is 28.8 Å². The van der Waals surface area contributed by atoms with E-state index in [1.807, 2.05) is 24.3 Å². The number of ether oxygens (including phenoxy) is 1. The van der Waals surface area contributed by atoms with Crippen LogP contribution >= 0.6 is 22.9 Å². The molecule has 170 valence electrons. The van der Waals surface area contributed by atoms with Crippen LogP contribution in [0.2, 0.25) is 5.02 Å². The van der Waals surface area contributed by atoms with Crippen LogP contribution in [0.3, 0.4) is 0 Å². The fourth-order valence-electron chi connectivity index (χ4n) is 4.75. The molecule has 1 N–H and O–H groups in total. The molecule has 1 aromatic carbocycles. The Hall–Kier alpha value is -1.77. The van der Waals surface area contributed by atoms with Gasteiger partial charge in [-0.05, 0) is 62.0 Å². The summed E-state index contributed by atoms with van der Waals surface area (Å²) >= 11 is 7.80. The average molecular weight is 473 g/mol. The van der Waals surface area contributed by atoms with Crippen LogP contribution in [0.15, 0.2) is 35.4 Å². The van der Waals surface area contributed by atoms with Crippen molar-refractivity contribution in [3.05, 3.63) is 62.0 Å². The maximum absolute atomic E-state index is 13.3. The Morgan fingerprint density at radius 2 is 2.16 bits per heavy atom. The zero-order valence-electron chi connectivity index (χ0n) is 18.2.